The number of hydrogen-bond acceptors (Lipinski definition) is 8. The van der Waals surface area contributed by atoms with Crippen LogP contribution in [-0.4, -0.2) is 72.2 Å². The molecule has 0 fully saturated rings. The van der Waals surface area contributed by atoms with E-state index >= 15 is 0 Å². The minimum atomic E-state index is -9.19. The van der Waals surface area contributed by atoms with Gasteiger partial charge >= 0.3 is 76.4 Å². The molecule has 26 heteroatoms. The summed E-state index contributed by atoms with van der Waals surface area (Å²) < 4.78 is 186. The topological polar surface area (TPSA) is 217 Å². The number of rotatable bonds is 0. The van der Waals surface area contributed by atoms with Crippen LogP contribution < -0.4 is 0 Å². The van der Waals surface area contributed by atoms with Crippen LogP contribution >= 0.6 is 0 Å². The van der Waals surface area contributed by atoms with E-state index in [9.17, 15) is 29.6 Å². The molecule has 0 atom stereocenters. The van der Waals surface area contributed by atoms with Gasteiger partial charge in [0.05, 0.1) is 0 Å². The van der Waals surface area contributed by atoms with Crippen molar-refractivity contribution in [2.45, 2.75) is 0 Å². The molecule has 0 aliphatic rings. The molecule has 26 heavy (non-hydrogen) atoms. The van der Waals surface area contributed by atoms with Gasteiger partial charge in [-0.3, -0.25) is 18.2 Å². The summed E-state index contributed by atoms with van der Waals surface area (Å²) in [6.45, 7) is 0. The molecule has 0 saturated carbocycles. The van der Waals surface area contributed by atoms with Crippen LogP contribution in [0.3, 0.4) is 0 Å². The van der Waals surface area contributed by atoms with Gasteiger partial charge in [-0.15, -0.1) is 0 Å². The van der Waals surface area contributed by atoms with Gasteiger partial charge in [-0.05, 0) is 0 Å². The van der Waals surface area contributed by atoms with Gasteiger partial charge in [0.15, 0.2) is 0 Å². The first kappa shape index (κ1) is 36.7. The van der Waals surface area contributed by atoms with Crippen molar-refractivity contribution in [3.8, 4) is 0 Å². The van der Waals surface area contributed by atoms with Crippen molar-refractivity contribution in [2.24, 2.45) is 0 Å². The zero-order valence-corrected chi connectivity index (χ0v) is 16.4. The van der Waals surface area contributed by atoms with Gasteiger partial charge in [0, 0.05) is 0 Å². The molecular formula is H4F9O12S4Sb. The Kier molecular flexibility index (Phi) is 17.4. The third-order valence-corrected chi connectivity index (χ3v) is 0. The van der Waals surface area contributed by atoms with Crippen molar-refractivity contribution in [2.75, 3.05) is 0 Å². The first-order chi connectivity index (χ1) is 10.2. The Labute approximate surface area is 143 Å². The molecule has 0 amide bonds. The van der Waals surface area contributed by atoms with Crippen molar-refractivity contribution in [3.63, 3.8) is 0 Å². The standard InChI is InChI=1S/4FHO3S.5FH.Sb/c4*1-5(2,3)4;;;;;;/h4*(H,2,3,4);5*1H;/q;;;;;;;;;+5/p-5. The Morgan fingerprint density at radius 1 is 0.423 bits per heavy atom. The fourth-order valence-electron chi connectivity index (χ4n) is 0. The normalized spacial score (nSPS) is 13.3. The van der Waals surface area contributed by atoms with Gasteiger partial charge in [-0.25, -0.2) is 0 Å². The van der Waals surface area contributed by atoms with Gasteiger partial charge in [-0.2, -0.15) is 33.7 Å². The summed E-state index contributed by atoms with van der Waals surface area (Å²) in [6, 6.07) is 0. The average Bonchev–Trinajstić information content (AvgIpc) is 1.77. The van der Waals surface area contributed by atoms with Crippen LogP contribution in [0, 0.1) is 0 Å². The Bertz CT molecular complexity index is 612. The summed E-state index contributed by atoms with van der Waals surface area (Å²) in [5.74, 6) is 0. The molecule has 0 radical (unpaired) electrons. The molecule has 4 N–H and O–H groups in total. The van der Waals surface area contributed by atoms with Crippen LogP contribution in [0.5, 0.6) is 0 Å². The monoisotopic (exact) mass is 616 g/mol. The fraction of sp³-hybridized carbons (Fsp3) is 0. The third-order valence-electron chi connectivity index (χ3n) is 0. The van der Waals surface area contributed by atoms with Crippen LogP contribution in [-0.2, 0) is 42.0 Å². The minimum absolute atomic E-state index is 5.17. The van der Waals surface area contributed by atoms with Crippen LogP contribution in [0.25, 0.3) is 0 Å². The van der Waals surface area contributed by atoms with Gasteiger partial charge in [0.2, 0.25) is 0 Å². The molecule has 168 valence electrons. The van der Waals surface area contributed by atoms with E-state index in [4.69, 9.17) is 51.9 Å². The van der Waals surface area contributed by atoms with E-state index in [-0.39, 0.29) is 0 Å². The quantitative estimate of drug-likeness (QED) is 0.128. The van der Waals surface area contributed by atoms with E-state index in [2.05, 4.69) is 0 Å². The van der Waals surface area contributed by atoms with E-state index in [1.165, 1.54) is 0 Å². The maximum absolute atomic E-state index is 10.2. The molecule has 0 unspecified atom stereocenters. The van der Waals surface area contributed by atoms with Crippen molar-refractivity contribution in [1.82, 2.24) is 0 Å². The van der Waals surface area contributed by atoms with Crippen molar-refractivity contribution in [3.05, 3.63) is 0 Å². The summed E-state index contributed by atoms with van der Waals surface area (Å²) in [4.78, 5) is 0. The summed E-state index contributed by atoms with van der Waals surface area (Å²) in [6.07, 6.45) is 0. The third kappa shape index (κ3) is 421000. The van der Waals surface area contributed by atoms with Crippen LogP contribution in [0.1, 0.15) is 0 Å². The summed E-state index contributed by atoms with van der Waals surface area (Å²) in [5.41, 5.74) is 0. The van der Waals surface area contributed by atoms with Crippen molar-refractivity contribution >= 4 is 62.3 Å². The van der Waals surface area contributed by atoms with Crippen LogP contribution in [0.4, 0.5) is 29.6 Å². The van der Waals surface area contributed by atoms with E-state index in [1.54, 1.807) is 0 Å². The Hall–Kier alpha value is -0.172. The molecular weight excluding hydrogens is 613 g/mol. The summed E-state index contributed by atoms with van der Waals surface area (Å²) in [5, 5.41) is 0. The predicted octanol–water partition coefficient (Wildman–Crippen LogP) is 0.755. The summed E-state index contributed by atoms with van der Waals surface area (Å²) >= 11 is -9.19. The van der Waals surface area contributed by atoms with Gasteiger partial charge < -0.3 is 0 Å². The van der Waals surface area contributed by atoms with Gasteiger partial charge in [-0.1, -0.05) is 15.5 Å². The molecule has 0 aliphatic heterocycles. The van der Waals surface area contributed by atoms with Crippen molar-refractivity contribution < 1.29 is 81.5 Å². The van der Waals surface area contributed by atoms with Crippen LogP contribution in [0.15, 0.2) is 0 Å². The zero-order valence-electron chi connectivity index (χ0n) is 10.5. The molecule has 0 aromatic rings. The Balaban J connectivity index is -0.0000000708. The first-order valence-corrected chi connectivity index (χ1v) is 13.7. The molecule has 0 saturated heterocycles. The molecule has 0 bridgehead atoms. The van der Waals surface area contributed by atoms with E-state index < -0.39 is 62.3 Å². The van der Waals surface area contributed by atoms with Crippen molar-refractivity contribution in [1.29, 1.82) is 0 Å². The van der Waals surface area contributed by atoms with Gasteiger partial charge in [0.25, 0.3) is 0 Å². The first-order valence-electron chi connectivity index (χ1n) is 3.53. The fourth-order valence-corrected chi connectivity index (χ4v) is 0. The molecule has 0 rings (SSSR count). The molecule has 0 aromatic heterocycles. The second-order valence-corrected chi connectivity index (χ2v) is 9.23. The van der Waals surface area contributed by atoms with E-state index in [0.717, 1.165) is 0 Å². The van der Waals surface area contributed by atoms with Gasteiger partial charge in [0.1, 0.15) is 0 Å². The molecule has 0 aromatic carbocycles. The number of halogens is 9. The number of hydrogen-bond donors (Lipinski definition) is 4. The second-order valence-electron chi connectivity index (χ2n) is 2.29. The predicted molar refractivity (Wildman–Crippen MR) is 61.9 cm³/mol. The molecule has 0 heterocycles. The van der Waals surface area contributed by atoms with E-state index in [0.29, 0.717) is 0 Å². The SMILES string of the molecule is O=S(=O)(O)F.O=S(=O)(O)F.O=S(=O)(O)F.O=S(=O)(O)F.[F][Sb]([F])([F])([F])[F]. The maximum atomic E-state index is 10.2. The average molecular weight is 617 g/mol. The molecule has 0 aliphatic carbocycles. The Morgan fingerprint density at radius 2 is 0.423 bits per heavy atom. The Morgan fingerprint density at radius 3 is 0.423 bits per heavy atom. The molecule has 0 spiro atoms. The second kappa shape index (κ2) is 12.3. The van der Waals surface area contributed by atoms with Crippen LogP contribution in [0.2, 0.25) is 0 Å². The summed E-state index contributed by atoms with van der Waals surface area (Å²) in [7, 11) is -20.7. The zero-order chi connectivity index (χ0) is 23.4. The molecule has 12 nitrogen and oxygen atoms in total. The van der Waals surface area contributed by atoms with E-state index in [1.807, 2.05) is 0 Å².